The Labute approximate surface area is 109 Å². The van der Waals surface area contributed by atoms with Crippen LogP contribution in [0.3, 0.4) is 0 Å². The summed E-state index contributed by atoms with van der Waals surface area (Å²) in [5.74, 6) is 6.39. The van der Waals surface area contributed by atoms with Crippen LogP contribution in [0.5, 0.6) is 0 Å². The van der Waals surface area contributed by atoms with Gasteiger partial charge < -0.3 is 5.43 Å². The highest BCUT2D eigenvalue weighted by atomic mass is 15.3. The lowest BCUT2D eigenvalue weighted by molar-refractivity contribution is 0.583. The maximum Gasteiger partial charge on any atom is 0.144 e. The van der Waals surface area contributed by atoms with Crippen LogP contribution in [0.15, 0.2) is 23.3 Å². The molecule has 1 saturated carbocycles. The first-order valence-corrected chi connectivity index (χ1v) is 6.77. The Morgan fingerprint density at radius 3 is 2.67 bits per heavy atom. The van der Waals surface area contributed by atoms with Crippen molar-refractivity contribution < 1.29 is 0 Å². The Bertz CT molecular complexity index is 406. The van der Waals surface area contributed by atoms with Gasteiger partial charge >= 0.3 is 0 Å². The fourth-order valence-electron chi connectivity index (χ4n) is 2.49. The van der Waals surface area contributed by atoms with Crippen molar-refractivity contribution in [1.82, 2.24) is 10.4 Å². The highest BCUT2D eigenvalue weighted by molar-refractivity contribution is 5.99. The molecule has 2 rings (SSSR count). The third kappa shape index (κ3) is 3.29. The van der Waals surface area contributed by atoms with Crippen LogP contribution < -0.4 is 11.3 Å². The molecule has 0 saturated heterocycles. The predicted octanol–water partition coefficient (Wildman–Crippen LogP) is 2.32. The molecule has 1 aliphatic rings. The third-order valence-corrected chi connectivity index (χ3v) is 3.54. The molecule has 18 heavy (non-hydrogen) atoms. The highest BCUT2D eigenvalue weighted by Gasteiger charge is 2.13. The molecule has 3 N–H and O–H groups in total. The molecule has 0 radical (unpaired) electrons. The molecule has 0 aliphatic heterocycles. The normalized spacial score (nSPS) is 18.4. The van der Waals surface area contributed by atoms with E-state index < -0.39 is 0 Å². The van der Waals surface area contributed by atoms with E-state index in [1.54, 1.807) is 6.20 Å². The molecule has 4 nitrogen and oxygen atoms in total. The third-order valence-electron chi connectivity index (χ3n) is 3.54. The molecule has 98 valence electrons. The van der Waals surface area contributed by atoms with E-state index >= 15 is 0 Å². The molecule has 0 aromatic carbocycles. The van der Waals surface area contributed by atoms with E-state index in [1.165, 1.54) is 38.5 Å². The van der Waals surface area contributed by atoms with Crippen molar-refractivity contribution in [3.05, 3.63) is 29.6 Å². The number of rotatable bonds is 2. The van der Waals surface area contributed by atoms with Gasteiger partial charge in [0.15, 0.2) is 0 Å². The summed E-state index contributed by atoms with van der Waals surface area (Å²) < 4.78 is 0. The van der Waals surface area contributed by atoms with Gasteiger partial charge in [-0.25, -0.2) is 5.84 Å². The van der Waals surface area contributed by atoms with Crippen molar-refractivity contribution >= 4 is 5.84 Å². The van der Waals surface area contributed by atoms with Gasteiger partial charge in [-0.1, -0.05) is 25.7 Å². The number of pyridine rings is 1. The number of hydrogen-bond donors (Lipinski definition) is 2. The number of aryl methyl sites for hydroxylation is 1. The molecular weight excluding hydrogens is 224 g/mol. The van der Waals surface area contributed by atoms with Gasteiger partial charge in [0.05, 0.1) is 6.04 Å². The van der Waals surface area contributed by atoms with Crippen molar-refractivity contribution in [2.75, 3.05) is 0 Å². The maximum atomic E-state index is 5.62. The quantitative estimate of drug-likeness (QED) is 0.277. The van der Waals surface area contributed by atoms with Crippen LogP contribution in [0, 0.1) is 6.92 Å². The van der Waals surface area contributed by atoms with Crippen LogP contribution in [0.1, 0.15) is 49.8 Å². The van der Waals surface area contributed by atoms with Gasteiger partial charge in [0.2, 0.25) is 0 Å². The lowest BCUT2D eigenvalue weighted by Crippen LogP contribution is -2.33. The monoisotopic (exact) mass is 246 g/mol. The summed E-state index contributed by atoms with van der Waals surface area (Å²) in [6.07, 6.45) is 9.36. The Balaban J connectivity index is 2.19. The minimum absolute atomic E-state index is 0.401. The summed E-state index contributed by atoms with van der Waals surface area (Å²) in [5.41, 5.74) is 4.70. The summed E-state index contributed by atoms with van der Waals surface area (Å²) in [6, 6.07) is 4.33. The van der Waals surface area contributed by atoms with E-state index in [0.717, 1.165) is 17.1 Å². The van der Waals surface area contributed by atoms with Gasteiger partial charge in [-0.05, 0) is 31.9 Å². The number of aliphatic imine (C=N–C) groups is 1. The predicted molar refractivity (Wildman–Crippen MR) is 74.3 cm³/mol. The summed E-state index contributed by atoms with van der Waals surface area (Å²) >= 11 is 0. The molecule has 0 atom stereocenters. The molecular formula is C14H22N4. The average molecular weight is 246 g/mol. The molecule has 0 spiro atoms. The Morgan fingerprint density at radius 2 is 2.06 bits per heavy atom. The lowest BCUT2D eigenvalue weighted by atomic mass is 10.1. The van der Waals surface area contributed by atoms with Crippen molar-refractivity contribution in [2.45, 2.75) is 51.5 Å². The second kappa shape index (κ2) is 6.50. The summed E-state index contributed by atoms with van der Waals surface area (Å²) in [7, 11) is 0. The highest BCUT2D eigenvalue weighted by Crippen LogP contribution is 2.20. The van der Waals surface area contributed by atoms with Crippen molar-refractivity contribution in [3.63, 3.8) is 0 Å². The zero-order valence-corrected chi connectivity index (χ0v) is 11.0. The van der Waals surface area contributed by atoms with Crippen molar-refractivity contribution in [3.8, 4) is 0 Å². The van der Waals surface area contributed by atoms with Crippen LogP contribution in [-0.4, -0.2) is 16.9 Å². The zero-order chi connectivity index (χ0) is 12.8. The maximum absolute atomic E-state index is 5.62. The van der Waals surface area contributed by atoms with Crippen LogP contribution in [0.25, 0.3) is 0 Å². The molecule has 1 heterocycles. The van der Waals surface area contributed by atoms with E-state index in [2.05, 4.69) is 10.4 Å². The second-order valence-corrected chi connectivity index (χ2v) is 4.90. The first kappa shape index (κ1) is 13.0. The molecule has 0 bridgehead atoms. The van der Waals surface area contributed by atoms with Crippen molar-refractivity contribution in [2.24, 2.45) is 10.8 Å². The van der Waals surface area contributed by atoms with Crippen LogP contribution in [-0.2, 0) is 0 Å². The van der Waals surface area contributed by atoms with Gasteiger partial charge in [0, 0.05) is 17.5 Å². The van der Waals surface area contributed by atoms with Gasteiger partial charge in [-0.2, -0.15) is 0 Å². The molecule has 4 heteroatoms. The van der Waals surface area contributed by atoms with Gasteiger partial charge in [0.25, 0.3) is 0 Å². The van der Waals surface area contributed by atoms with Gasteiger partial charge in [-0.15, -0.1) is 0 Å². The summed E-state index contributed by atoms with van der Waals surface area (Å²) in [4.78, 5) is 9.07. The van der Waals surface area contributed by atoms with E-state index in [1.807, 2.05) is 19.1 Å². The summed E-state index contributed by atoms with van der Waals surface area (Å²) in [5, 5.41) is 0. The smallest absolute Gasteiger partial charge is 0.144 e. The SMILES string of the molecule is Cc1ncccc1C(=NC1CCCCCC1)NN. The topological polar surface area (TPSA) is 63.3 Å². The number of amidine groups is 1. The first-order chi connectivity index (χ1) is 8.81. The number of nitrogens with one attached hydrogen (secondary N) is 1. The standard InChI is InChI=1S/C14H22N4/c1-11-13(9-6-10-16-11)14(18-15)17-12-7-4-2-3-5-8-12/h6,9-10,12H,2-5,7-8,15H2,1H3,(H,17,18). The molecule has 0 amide bonds. The van der Waals surface area contributed by atoms with Crippen molar-refractivity contribution in [1.29, 1.82) is 0 Å². The number of hydrazine groups is 1. The number of nitrogens with zero attached hydrogens (tertiary/aromatic N) is 2. The van der Waals surface area contributed by atoms with Gasteiger partial charge in [0.1, 0.15) is 5.84 Å². The van der Waals surface area contributed by atoms with Gasteiger partial charge in [-0.3, -0.25) is 9.98 Å². The second-order valence-electron chi connectivity index (χ2n) is 4.90. The minimum Gasteiger partial charge on any atom is -0.308 e. The average Bonchev–Trinajstić information content (AvgIpc) is 2.65. The summed E-state index contributed by atoms with van der Waals surface area (Å²) in [6.45, 7) is 1.98. The Kier molecular flexibility index (Phi) is 4.70. The largest absolute Gasteiger partial charge is 0.308 e. The molecule has 0 unspecified atom stereocenters. The Morgan fingerprint density at radius 1 is 1.33 bits per heavy atom. The van der Waals surface area contributed by atoms with Crippen LogP contribution in [0.4, 0.5) is 0 Å². The zero-order valence-electron chi connectivity index (χ0n) is 11.0. The van der Waals surface area contributed by atoms with E-state index in [-0.39, 0.29) is 0 Å². The first-order valence-electron chi connectivity index (χ1n) is 6.77. The van der Waals surface area contributed by atoms with E-state index in [0.29, 0.717) is 6.04 Å². The number of nitrogens with two attached hydrogens (primary N) is 1. The van der Waals surface area contributed by atoms with E-state index in [9.17, 15) is 0 Å². The molecule has 1 fully saturated rings. The van der Waals surface area contributed by atoms with Crippen LogP contribution >= 0.6 is 0 Å². The van der Waals surface area contributed by atoms with Crippen LogP contribution in [0.2, 0.25) is 0 Å². The fourth-order valence-corrected chi connectivity index (χ4v) is 2.49. The van der Waals surface area contributed by atoms with E-state index in [4.69, 9.17) is 10.8 Å². The number of hydrogen-bond acceptors (Lipinski definition) is 3. The molecule has 1 aromatic heterocycles. The molecule has 1 aromatic rings. The fraction of sp³-hybridized carbons (Fsp3) is 0.571. The Hall–Kier alpha value is -1.42. The lowest BCUT2D eigenvalue weighted by Gasteiger charge is -2.13. The number of aromatic nitrogens is 1. The minimum atomic E-state index is 0.401. The molecule has 1 aliphatic carbocycles.